The van der Waals surface area contributed by atoms with Crippen molar-refractivity contribution in [1.29, 1.82) is 0 Å². The van der Waals surface area contributed by atoms with Crippen molar-refractivity contribution < 1.29 is 4.42 Å². The Kier molecular flexibility index (Phi) is 3.66. The second-order valence-electron chi connectivity index (χ2n) is 5.51. The smallest absolute Gasteiger partial charge is 0.260 e. The Labute approximate surface area is 142 Å². The molecular weight excluding hydrogens is 322 g/mol. The summed E-state index contributed by atoms with van der Waals surface area (Å²) in [6.45, 7) is 0.531. The van der Waals surface area contributed by atoms with Gasteiger partial charge in [-0.15, -0.1) is 11.3 Å². The van der Waals surface area contributed by atoms with E-state index in [9.17, 15) is 4.79 Å². The third-order valence-corrected chi connectivity index (χ3v) is 4.74. The first-order valence-electron chi connectivity index (χ1n) is 7.53. The molecular formula is C18H15N3O2S. The van der Waals surface area contributed by atoms with Crippen LogP contribution in [0.3, 0.4) is 0 Å². The second-order valence-corrected chi connectivity index (χ2v) is 6.37. The van der Waals surface area contributed by atoms with Gasteiger partial charge in [-0.1, -0.05) is 18.2 Å². The van der Waals surface area contributed by atoms with Gasteiger partial charge in [-0.3, -0.25) is 4.79 Å². The predicted octanol–water partition coefficient (Wildman–Crippen LogP) is 3.88. The van der Waals surface area contributed by atoms with Crippen molar-refractivity contribution in [3.05, 3.63) is 70.3 Å². The lowest BCUT2D eigenvalue weighted by molar-refractivity contribution is 0.583. The van der Waals surface area contributed by atoms with Gasteiger partial charge in [-0.2, -0.15) is 0 Å². The number of thiophene rings is 1. The molecule has 5 nitrogen and oxygen atoms in total. The SMILES string of the molecule is CN(Cc1nc2scc(-c3ccco3)c2c(=O)[nH]1)c1ccccc1. The largest absolute Gasteiger partial charge is 0.464 e. The van der Waals surface area contributed by atoms with E-state index in [-0.39, 0.29) is 5.56 Å². The number of anilines is 1. The number of hydrogen-bond acceptors (Lipinski definition) is 5. The molecule has 3 heterocycles. The molecule has 1 N–H and O–H groups in total. The van der Waals surface area contributed by atoms with Crippen LogP contribution in [0.15, 0.2) is 63.3 Å². The normalized spacial score (nSPS) is 11.0. The number of para-hydroxylation sites is 1. The first-order valence-corrected chi connectivity index (χ1v) is 8.41. The standard InChI is InChI=1S/C18H15N3O2S/c1-21(12-6-3-2-4-7-12)10-15-19-17(22)16-13(11-24-18(16)20-15)14-8-5-9-23-14/h2-9,11H,10H2,1H3,(H,19,20,22). The zero-order valence-electron chi connectivity index (χ0n) is 13.0. The summed E-state index contributed by atoms with van der Waals surface area (Å²) in [5.41, 5.74) is 1.73. The van der Waals surface area contributed by atoms with Gasteiger partial charge in [0.15, 0.2) is 0 Å². The minimum absolute atomic E-state index is 0.135. The molecule has 0 bridgehead atoms. The van der Waals surface area contributed by atoms with Crippen molar-refractivity contribution in [1.82, 2.24) is 9.97 Å². The molecule has 120 valence electrons. The molecule has 3 aromatic heterocycles. The van der Waals surface area contributed by atoms with E-state index in [4.69, 9.17) is 4.42 Å². The van der Waals surface area contributed by atoms with Gasteiger partial charge in [-0.25, -0.2) is 4.98 Å². The maximum atomic E-state index is 12.5. The van der Waals surface area contributed by atoms with Crippen LogP contribution in [-0.2, 0) is 6.54 Å². The van der Waals surface area contributed by atoms with E-state index in [1.807, 2.05) is 59.8 Å². The fourth-order valence-corrected chi connectivity index (χ4v) is 3.63. The fraction of sp³-hybridized carbons (Fsp3) is 0.111. The van der Waals surface area contributed by atoms with Crippen molar-refractivity contribution in [3.63, 3.8) is 0 Å². The highest BCUT2D eigenvalue weighted by atomic mass is 32.1. The van der Waals surface area contributed by atoms with E-state index in [1.165, 1.54) is 11.3 Å². The molecule has 0 aliphatic carbocycles. The monoisotopic (exact) mass is 337 g/mol. The van der Waals surface area contributed by atoms with E-state index in [2.05, 4.69) is 9.97 Å². The molecule has 0 saturated carbocycles. The quantitative estimate of drug-likeness (QED) is 0.614. The molecule has 4 aromatic rings. The summed E-state index contributed by atoms with van der Waals surface area (Å²) in [6.07, 6.45) is 1.60. The summed E-state index contributed by atoms with van der Waals surface area (Å²) in [5.74, 6) is 1.33. The van der Waals surface area contributed by atoms with Gasteiger partial charge in [0.25, 0.3) is 5.56 Å². The third kappa shape index (κ3) is 2.61. The molecule has 0 atom stereocenters. The number of aromatic nitrogens is 2. The highest BCUT2D eigenvalue weighted by molar-refractivity contribution is 7.17. The average molecular weight is 337 g/mol. The number of nitrogens with one attached hydrogen (secondary N) is 1. The Morgan fingerprint density at radius 3 is 2.79 bits per heavy atom. The first-order chi connectivity index (χ1) is 11.7. The van der Waals surface area contributed by atoms with Crippen LogP contribution in [0.5, 0.6) is 0 Å². The van der Waals surface area contributed by atoms with Gasteiger partial charge in [0.2, 0.25) is 0 Å². The van der Waals surface area contributed by atoms with Crippen molar-refractivity contribution in [2.24, 2.45) is 0 Å². The van der Waals surface area contributed by atoms with E-state index < -0.39 is 0 Å². The van der Waals surface area contributed by atoms with E-state index in [0.29, 0.717) is 23.5 Å². The van der Waals surface area contributed by atoms with Crippen LogP contribution < -0.4 is 10.5 Å². The molecule has 0 aliphatic rings. The zero-order chi connectivity index (χ0) is 16.5. The number of furan rings is 1. The van der Waals surface area contributed by atoms with Gasteiger partial charge >= 0.3 is 0 Å². The Bertz CT molecular complexity index is 1020. The van der Waals surface area contributed by atoms with Crippen LogP contribution in [0.4, 0.5) is 5.69 Å². The summed E-state index contributed by atoms with van der Waals surface area (Å²) in [4.78, 5) is 22.8. The van der Waals surface area contributed by atoms with Crippen LogP contribution >= 0.6 is 11.3 Å². The molecule has 1 aromatic carbocycles. The summed E-state index contributed by atoms with van der Waals surface area (Å²) in [6, 6.07) is 13.7. The van der Waals surface area contributed by atoms with Crippen molar-refractivity contribution >= 4 is 27.2 Å². The molecule has 0 spiro atoms. The Morgan fingerprint density at radius 2 is 2.04 bits per heavy atom. The summed E-state index contributed by atoms with van der Waals surface area (Å²) < 4.78 is 5.41. The Hall–Kier alpha value is -2.86. The summed E-state index contributed by atoms with van der Waals surface area (Å²) in [5, 5.41) is 2.50. The van der Waals surface area contributed by atoms with Crippen molar-refractivity contribution in [2.45, 2.75) is 6.54 Å². The van der Waals surface area contributed by atoms with Gasteiger partial charge in [0.1, 0.15) is 16.4 Å². The minimum atomic E-state index is -0.135. The van der Waals surface area contributed by atoms with Crippen LogP contribution in [0.1, 0.15) is 5.82 Å². The zero-order valence-corrected chi connectivity index (χ0v) is 13.8. The lowest BCUT2D eigenvalue weighted by atomic mass is 10.2. The molecule has 0 aliphatic heterocycles. The molecule has 24 heavy (non-hydrogen) atoms. The lowest BCUT2D eigenvalue weighted by Crippen LogP contribution is -2.21. The predicted molar refractivity (Wildman–Crippen MR) is 96.5 cm³/mol. The minimum Gasteiger partial charge on any atom is -0.464 e. The van der Waals surface area contributed by atoms with Gasteiger partial charge in [0.05, 0.1) is 18.2 Å². The van der Waals surface area contributed by atoms with Crippen molar-refractivity contribution in [2.75, 3.05) is 11.9 Å². The third-order valence-electron chi connectivity index (χ3n) is 3.86. The average Bonchev–Trinajstić information content (AvgIpc) is 3.24. The van der Waals surface area contributed by atoms with Crippen LogP contribution in [0, 0.1) is 0 Å². The highest BCUT2D eigenvalue weighted by Gasteiger charge is 2.15. The van der Waals surface area contributed by atoms with Crippen LogP contribution in [-0.4, -0.2) is 17.0 Å². The number of fused-ring (bicyclic) bond motifs is 1. The number of hydrogen-bond donors (Lipinski definition) is 1. The van der Waals surface area contributed by atoms with E-state index in [1.54, 1.807) is 6.26 Å². The Morgan fingerprint density at radius 1 is 1.21 bits per heavy atom. The molecule has 0 fully saturated rings. The highest BCUT2D eigenvalue weighted by Crippen LogP contribution is 2.30. The maximum Gasteiger partial charge on any atom is 0.260 e. The Balaban J connectivity index is 1.70. The first kappa shape index (κ1) is 14.7. The summed E-state index contributed by atoms with van der Waals surface area (Å²) >= 11 is 1.45. The van der Waals surface area contributed by atoms with E-state index in [0.717, 1.165) is 16.1 Å². The maximum absolute atomic E-state index is 12.5. The van der Waals surface area contributed by atoms with Crippen molar-refractivity contribution in [3.8, 4) is 11.3 Å². The van der Waals surface area contributed by atoms with Crippen LogP contribution in [0.25, 0.3) is 21.5 Å². The molecule has 0 unspecified atom stereocenters. The molecule has 0 amide bonds. The molecule has 6 heteroatoms. The van der Waals surface area contributed by atoms with Gasteiger partial charge in [-0.05, 0) is 24.3 Å². The topological polar surface area (TPSA) is 62.1 Å². The molecule has 0 radical (unpaired) electrons. The van der Waals surface area contributed by atoms with Crippen LogP contribution in [0.2, 0.25) is 0 Å². The summed E-state index contributed by atoms with van der Waals surface area (Å²) in [7, 11) is 1.97. The lowest BCUT2D eigenvalue weighted by Gasteiger charge is -2.18. The second kappa shape index (κ2) is 5.98. The fourth-order valence-electron chi connectivity index (χ4n) is 2.68. The molecule has 0 saturated heterocycles. The number of rotatable bonds is 4. The number of aromatic amines is 1. The number of nitrogens with zero attached hydrogens (tertiary/aromatic N) is 2. The number of H-pyrrole nitrogens is 1. The molecule has 4 rings (SSSR count). The van der Waals surface area contributed by atoms with Gasteiger partial charge in [0, 0.05) is 23.7 Å². The van der Waals surface area contributed by atoms with E-state index >= 15 is 0 Å². The number of benzene rings is 1. The van der Waals surface area contributed by atoms with Gasteiger partial charge < -0.3 is 14.3 Å².